The highest BCUT2D eigenvalue weighted by molar-refractivity contribution is 5.45. The van der Waals surface area contributed by atoms with Crippen LogP contribution in [0.4, 0.5) is 5.69 Å². The summed E-state index contributed by atoms with van der Waals surface area (Å²) in [5.74, 6) is 0.369. The molecule has 1 aromatic carbocycles. The van der Waals surface area contributed by atoms with Crippen LogP contribution in [-0.4, -0.2) is 11.5 Å². The van der Waals surface area contributed by atoms with Crippen molar-refractivity contribution in [2.75, 3.05) is 6.61 Å². The third-order valence-corrected chi connectivity index (χ3v) is 2.57. The maximum Gasteiger partial charge on any atom is 0.310 e. The molecule has 0 spiro atoms. The Balaban J connectivity index is 2.34. The lowest BCUT2D eigenvalue weighted by Crippen LogP contribution is -2.00. The van der Waals surface area contributed by atoms with E-state index in [0.717, 1.165) is 12.8 Å². The molecule has 17 heavy (non-hydrogen) atoms. The molecule has 0 radical (unpaired) electrons. The van der Waals surface area contributed by atoms with Crippen LogP contribution in [0.3, 0.4) is 0 Å². The van der Waals surface area contributed by atoms with Gasteiger partial charge in [-0.15, -0.1) is 0 Å². The fourth-order valence-corrected chi connectivity index (χ4v) is 1.62. The Morgan fingerprint density at radius 1 is 1.18 bits per heavy atom. The Morgan fingerprint density at radius 3 is 2.59 bits per heavy atom. The molecule has 0 atom stereocenters. The molecule has 0 fully saturated rings. The van der Waals surface area contributed by atoms with Crippen LogP contribution < -0.4 is 4.74 Å². The number of para-hydroxylation sites is 2. The fourth-order valence-electron chi connectivity index (χ4n) is 1.62. The van der Waals surface area contributed by atoms with Crippen LogP contribution in [0, 0.1) is 10.1 Å². The van der Waals surface area contributed by atoms with E-state index in [1.807, 2.05) is 0 Å². The van der Waals surface area contributed by atoms with Gasteiger partial charge in [-0.05, 0) is 12.5 Å². The van der Waals surface area contributed by atoms with Crippen molar-refractivity contribution in [2.24, 2.45) is 0 Å². The molecule has 0 saturated heterocycles. The predicted molar refractivity (Wildman–Crippen MR) is 67.4 cm³/mol. The summed E-state index contributed by atoms with van der Waals surface area (Å²) in [4.78, 5) is 10.3. The first-order valence-corrected chi connectivity index (χ1v) is 6.12. The number of hydrogen-bond donors (Lipinski definition) is 0. The Morgan fingerprint density at radius 2 is 1.88 bits per heavy atom. The van der Waals surface area contributed by atoms with E-state index in [1.54, 1.807) is 18.2 Å². The summed E-state index contributed by atoms with van der Waals surface area (Å²) in [7, 11) is 0. The monoisotopic (exact) mass is 237 g/mol. The van der Waals surface area contributed by atoms with Crippen LogP contribution in [-0.2, 0) is 0 Å². The van der Waals surface area contributed by atoms with Crippen LogP contribution in [0.1, 0.15) is 39.0 Å². The number of nitro benzene ring substituents is 1. The summed E-state index contributed by atoms with van der Waals surface area (Å²) in [6, 6.07) is 6.50. The van der Waals surface area contributed by atoms with Gasteiger partial charge in [-0.3, -0.25) is 10.1 Å². The second kappa shape index (κ2) is 7.65. The normalized spacial score (nSPS) is 10.2. The number of unbranched alkanes of at least 4 members (excludes halogenated alkanes) is 4. The van der Waals surface area contributed by atoms with E-state index in [-0.39, 0.29) is 5.69 Å². The van der Waals surface area contributed by atoms with Crippen LogP contribution in [0.5, 0.6) is 5.75 Å². The van der Waals surface area contributed by atoms with Gasteiger partial charge in [0.15, 0.2) is 5.75 Å². The molecule has 94 valence electrons. The quantitative estimate of drug-likeness (QED) is 0.391. The number of benzene rings is 1. The first kappa shape index (κ1) is 13.5. The summed E-state index contributed by atoms with van der Waals surface area (Å²) >= 11 is 0. The SMILES string of the molecule is CCCCCCCOc1ccccc1[N+](=O)[O-]. The fraction of sp³-hybridized carbons (Fsp3) is 0.538. The molecule has 0 heterocycles. The van der Waals surface area contributed by atoms with Gasteiger partial charge in [0, 0.05) is 6.07 Å². The molecule has 0 aromatic heterocycles. The van der Waals surface area contributed by atoms with Crippen molar-refractivity contribution in [1.29, 1.82) is 0 Å². The molecule has 4 nitrogen and oxygen atoms in total. The molecule has 0 bridgehead atoms. The Hall–Kier alpha value is -1.58. The lowest BCUT2D eigenvalue weighted by Gasteiger charge is -2.06. The summed E-state index contributed by atoms with van der Waals surface area (Å²) in [5.41, 5.74) is 0.0426. The van der Waals surface area contributed by atoms with E-state index < -0.39 is 4.92 Å². The first-order valence-electron chi connectivity index (χ1n) is 6.12. The third kappa shape index (κ3) is 4.85. The van der Waals surface area contributed by atoms with Crippen molar-refractivity contribution in [3.63, 3.8) is 0 Å². The lowest BCUT2D eigenvalue weighted by molar-refractivity contribution is -0.385. The van der Waals surface area contributed by atoms with Crippen LogP contribution in [0.2, 0.25) is 0 Å². The third-order valence-electron chi connectivity index (χ3n) is 2.57. The summed E-state index contributed by atoms with van der Waals surface area (Å²) < 4.78 is 5.44. The molecule has 4 heteroatoms. The molecule has 0 aliphatic rings. The average Bonchev–Trinajstić information content (AvgIpc) is 2.34. The highest BCUT2D eigenvalue weighted by Gasteiger charge is 2.12. The zero-order valence-electron chi connectivity index (χ0n) is 10.2. The smallest absolute Gasteiger partial charge is 0.310 e. The van der Waals surface area contributed by atoms with E-state index in [9.17, 15) is 10.1 Å². The van der Waals surface area contributed by atoms with Gasteiger partial charge in [0.05, 0.1) is 11.5 Å². The summed E-state index contributed by atoms with van der Waals surface area (Å²) in [5, 5.41) is 10.7. The highest BCUT2D eigenvalue weighted by atomic mass is 16.6. The summed E-state index contributed by atoms with van der Waals surface area (Å²) in [6.45, 7) is 2.72. The average molecular weight is 237 g/mol. The molecular weight excluding hydrogens is 218 g/mol. The Labute approximate surface area is 102 Å². The van der Waals surface area contributed by atoms with Crippen molar-refractivity contribution in [3.8, 4) is 5.75 Å². The minimum absolute atomic E-state index is 0.0426. The van der Waals surface area contributed by atoms with Gasteiger partial charge in [0.25, 0.3) is 0 Å². The zero-order valence-corrected chi connectivity index (χ0v) is 10.2. The topological polar surface area (TPSA) is 52.4 Å². The minimum atomic E-state index is -0.410. The Kier molecular flexibility index (Phi) is 6.07. The van der Waals surface area contributed by atoms with E-state index in [4.69, 9.17) is 4.74 Å². The predicted octanol–water partition coefficient (Wildman–Crippen LogP) is 3.94. The largest absolute Gasteiger partial charge is 0.487 e. The standard InChI is InChI=1S/C13H19NO3/c1-2-3-4-5-8-11-17-13-10-7-6-9-12(13)14(15)16/h6-7,9-10H,2-5,8,11H2,1H3. The van der Waals surface area contributed by atoms with Gasteiger partial charge < -0.3 is 4.74 Å². The number of hydrogen-bond acceptors (Lipinski definition) is 3. The van der Waals surface area contributed by atoms with E-state index in [1.165, 1.54) is 25.3 Å². The van der Waals surface area contributed by atoms with E-state index in [2.05, 4.69) is 6.92 Å². The van der Waals surface area contributed by atoms with E-state index in [0.29, 0.717) is 12.4 Å². The van der Waals surface area contributed by atoms with Gasteiger partial charge in [-0.2, -0.15) is 0 Å². The van der Waals surface area contributed by atoms with Crippen molar-refractivity contribution >= 4 is 5.69 Å². The van der Waals surface area contributed by atoms with Gasteiger partial charge >= 0.3 is 5.69 Å². The van der Waals surface area contributed by atoms with Gasteiger partial charge in [-0.25, -0.2) is 0 Å². The molecule has 0 aliphatic heterocycles. The minimum Gasteiger partial charge on any atom is -0.487 e. The second-order valence-corrected chi connectivity index (χ2v) is 3.99. The maximum absolute atomic E-state index is 10.7. The number of rotatable bonds is 8. The van der Waals surface area contributed by atoms with Crippen molar-refractivity contribution in [2.45, 2.75) is 39.0 Å². The zero-order chi connectivity index (χ0) is 12.5. The van der Waals surface area contributed by atoms with Gasteiger partial charge in [0.2, 0.25) is 0 Å². The summed E-state index contributed by atoms with van der Waals surface area (Å²) in [6.07, 6.45) is 5.73. The molecule has 0 saturated carbocycles. The number of nitrogens with zero attached hydrogens (tertiary/aromatic N) is 1. The number of nitro groups is 1. The molecule has 0 aliphatic carbocycles. The van der Waals surface area contributed by atoms with Crippen LogP contribution in [0.25, 0.3) is 0 Å². The van der Waals surface area contributed by atoms with E-state index >= 15 is 0 Å². The number of ether oxygens (including phenoxy) is 1. The molecule has 0 N–H and O–H groups in total. The maximum atomic E-state index is 10.7. The Bertz CT molecular complexity index is 352. The van der Waals surface area contributed by atoms with Gasteiger partial charge in [-0.1, -0.05) is 44.7 Å². The van der Waals surface area contributed by atoms with Gasteiger partial charge in [0.1, 0.15) is 0 Å². The van der Waals surface area contributed by atoms with Crippen LogP contribution in [0.15, 0.2) is 24.3 Å². The van der Waals surface area contributed by atoms with Crippen molar-refractivity contribution in [3.05, 3.63) is 34.4 Å². The first-order chi connectivity index (χ1) is 8.25. The molecule has 1 aromatic rings. The molecule has 0 amide bonds. The molecule has 1 rings (SSSR count). The van der Waals surface area contributed by atoms with Crippen molar-refractivity contribution < 1.29 is 9.66 Å². The molecular formula is C13H19NO3. The molecule has 0 unspecified atom stereocenters. The van der Waals surface area contributed by atoms with Crippen LogP contribution >= 0.6 is 0 Å². The lowest BCUT2D eigenvalue weighted by atomic mass is 10.2. The second-order valence-electron chi connectivity index (χ2n) is 3.99. The highest BCUT2D eigenvalue weighted by Crippen LogP contribution is 2.25. The van der Waals surface area contributed by atoms with Crippen molar-refractivity contribution in [1.82, 2.24) is 0 Å².